The second kappa shape index (κ2) is 8.10. The lowest BCUT2D eigenvalue weighted by molar-refractivity contribution is -0.137. The summed E-state index contributed by atoms with van der Waals surface area (Å²) in [6.07, 6.45) is -4.41. The van der Waals surface area contributed by atoms with E-state index in [1.807, 2.05) is 19.1 Å². The van der Waals surface area contributed by atoms with Crippen molar-refractivity contribution >= 4 is 5.69 Å². The van der Waals surface area contributed by atoms with Crippen LogP contribution in [0.15, 0.2) is 53.1 Å². The van der Waals surface area contributed by atoms with Gasteiger partial charge in [-0.15, -0.1) is 0 Å². The van der Waals surface area contributed by atoms with Gasteiger partial charge < -0.3 is 9.42 Å². The molecule has 4 rings (SSSR count). The highest BCUT2D eigenvalue weighted by Crippen LogP contribution is 2.32. The van der Waals surface area contributed by atoms with Crippen LogP contribution in [0, 0.1) is 6.92 Å². The zero-order chi connectivity index (χ0) is 21.3. The lowest BCUT2D eigenvalue weighted by Gasteiger charge is -2.38. The Balaban J connectivity index is 1.44. The number of aromatic nitrogens is 2. The Labute approximate surface area is 173 Å². The molecule has 3 aromatic rings. The summed E-state index contributed by atoms with van der Waals surface area (Å²) < 4.78 is 44.3. The number of benzene rings is 2. The van der Waals surface area contributed by atoms with E-state index in [2.05, 4.69) is 39.0 Å². The highest BCUT2D eigenvalue weighted by atomic mass is 19.4. The minimum Gasteiger partial charge on any atom is -0.369 e. The third kappa shape index (κ3) is 4.18. The van der Waals surface area contributed by atoms with E-state index in [1.165, 1.54) is 17.3 Å². The number of piperazine rings is 1. The van der Waals surface area contributed by atoms with Gasteiger partial charge in [0.1, 0.15) is 0 Å². The van der Waals surface area contributed by atoms with E-state index in [-0.39, 0.29) is 17.4 Å². The van der Waals surface area contributed by atoms with Crippen molar-refractivity contribution in [2.45, 2.75) is 26.1 Å². The Hall–Kier alpha value is -2.87. The van der Waals surface area contributed by atoms with Crippen molar-refractivity contribution < 1.29 is 17.7 Å². The zero-order valence-corrected chi connectivity index (χ0v) is 16.9. The maximum Gasteiger partial charge on any atom is 0.416 e. The summed E-state index contributed by atoms with van der Waals surface area (Å²) in [5.41, 5.74) is 2.05. The van der Waals surface area contributed by atoms with Crippen LogP contribution in [0.3, 0.4) is 0 Å². The van der Waals surface area contributed by atoms with E-state index < -0.39 is 11.7 Å². The van der Waals surface area contributed by atoms with Gasteiger partial charge in [0.15, 0.2) is 0 Å². The van der Waals surface area contributed by atoms with E-state index in [0.717, 1.165) is 38.3 Å². The van der Waals surface area contributed by atoms with Crippen LogP contribution in [0.1, 0.15) is 30.0 Å². The summed E-state index contributed by atoms with van der Waals surface area (Å²) in [5, 5.41) is 3.91. The summed E-state index contributed by atoms with van der Waals surface area (Å²) in [7, 11) is 0. The molecule has 1 aliphatic heterocycles. The summed E-state index contributed by atoms with van der Waals surface area (Å²) in [6, 6.07) is 13.2. The van der Waals surface area contributed by atoms with Crippen LogP contribution in [0.4, 0.5) is 18.9 Å². The molecular formula is C22H23F3N4O. The molecule has 1 aromatic heterocycles. The van der Waals surface area contributed by atoms with Crippen molar-refractivity contribution in [3.8, 4) is 11.4 Å². The topological polar surface area (TPSA) is 45.4 Å². The SMILES string of the molecule is Cc1ccccc1N1CCN([C@H](C)c2nc(-c3cccc(C(F)(F)F)c3)no2)CC1. The summed E-state index contributed by atoms with van der Waals surface area (Å²) >= 11 is 0. The number of aryl methyl sites for hydroxylation is 1. The summed E-state index contributed by atoms with van der Waals surface area (Å²) in [4.78, 5) is 8.98. The van der Waals surface area contributed by atoms with Gasteiger partial charge in [0, 0.05) is 37.4 Å². The van der Waals surface area contributed by atoms with E-state index in [9.17, 15) is 13.2 Å². The molecule has 0 aliphatic carbocycles. The molecule has 2 aromatic carbocycles. The number of alkyl halides is 3. The second-order valence-corrected chi connectivity index (χ2v) is 7.52. The van der Waals surface area contributed by atoms with Gasteiger partial charge >= 0.3 is 6.18 Å². The molecule has 1 aliphatic rings. The first-order chi connectivity index (χ1) is 14.3. The number of hydrogen-bond donors (Lipinski definition) is 0. The van der Waals surface area contributed by atoms with Crippen LogP contribution in [0.5, 0.6) is 0 Å². The molecule has 5 nitrogen and oxygen atoms in total. The van der Waals surface area contributed by atoms with Gasteiger partial charge in [0.05, 0.1) is 11.6 Å². The zero-order valence-electron chi connectivity index (χ0n) is 16.9. The summed E-state index contributed by atoms with van der Waals surface area (Å²) in [6.45, 7) is 7.51. The van der Waals surface area contributed by atoms with Crippen molar-refractivity contribution in [3.05, 3.63) is 65.5 Å². The molecule has 1 saturated heterocycles. The molecule has 0 radical (unpaired) electrons. The van der Waals surface area contributed by atoms with Crippen LogP contribution in [-0.2, 0) is 6.18 Å². The van der Waals surface area contributed by atoms with Crippen molar-refractivity contribution in [2.24, 2.45) is 0 Å². The van der Waals surface area contributed by atoms with E-state index in [0.29, 0.717) is 5.89 Å². The van der Waals surface area contributed by atoms with Gasteiger partial charge in [0.25, 0.3) is 0 Å². The number of halogens is 3. The molecule has 158 valence electrons. The first-order valence-electron chi connectivity index (χ1n) is 9.89. The maximum absolute atomic E-state index is 13.0. The molecule has 1 fully saturated rings. The normalized spacial score (nSPS) is 16.6. The largest absolute Gasteiger partial charge is 0.416 e. The Morgan fingerprint density at radius 1 is 1.00 bits per heavy atom. The molecule has 0 saturated carbocycles. The minimum atomic E-state index is -4.41. The Kier molecular flexibility index (Phi) is 5.51. The van der Waals surface area contributed by atoms with Crippen LogP contribution in [0.2, 0.25) is 0 Å². The van der Waals surface area contributed by atoms with Gasteiger partial charge in [-0.3, -0.25) is 4.90 Å². The standard InChI is InChI=1S/C22H23F3N4O/c1-15-6-3-4-9-19(15)29-12-10-28(11-13-29)16(2)21-26-20(27-30-21)17-7-5-8-18(14-17)22(23,24)25/h3-9,14,16H,10-13H2,1-2H3/t16-/m1/s1. The van der Waals surface area contributed by atoms with Crippen LogP contribution in [0.25, 0.3) is 11.4 Å². The first-order valence-corrected chi connectivity index (χ1v) is 9.89. The quantitative estimate of drug-likeness (QED) is 0.602. The predicted molar refractivity (Wildman–Crippen MR) is 108 cm³/mol. The van der Waals surface area contributed by atoms with E-state index in [1.54, 1.807) is 6.07 Å². The van der Waals surface area contributed by atoms with Gasteiger partial charge in [0.2, 0.25) is 11.7 Å². The van der Waals surface area contributed by atoms with Gasteiger partial charge in [-0.1, -0.05) is 35.5 Å². The van der Waals surface area contributed by atoms with E-state index in [4.69, 9.17) is 4.52 Å². The van der Waals surface area contributed by atoms with Crippen molar-refractivity contribution in [2.75, 3.05) is 31.1 Å². The second-order valence-electron chi connectivity index (χ2n) is 7.52. The Bertz CT molecular complexity index is 1010. The molecule has 2 heterocycles. The highest BCUT2D eigenvalue weighted by Gasteiger charge is 2.31. The van der Waals surface area contributed by atoms with Crippen molar-refractivity contribution in [3.63, 3.8) is 0 Å². The number of para-hydroxylation sites is 1. The smallest absolute Gasteiger partial charge is 0.369 e. The fourth-order valence-electron chi connectivity index (χ4n) is 3.78. The first kappa shape index (κ1) is 20.4. The van der Waals surface area contributed by atoms with Gasteiger partial charge in [-0.05, 0) is 37.6 Å². The highest BCUT2D eigenvalue weighted by molar-refractivity contribution is 5.56. The molecule has 30 heavy (non-hydrogen) atoms. The molecule has 0 N–H and O–H groups in total. The third-order valence-electron chi connectivity index (χ3n) is 5.57. The number of nitrogens with zero attached hydrogens (tertiary/aromatic N) is 4. The number of rotatable bonds is 4. The lowest BCUT2D eigenvalue weighted by atomic mass is 10.1. The van der Waals surface area contributed by atoms with Crippen LogP contribution < -0.4 is 4.90 Å². The van der Waals surface area contributed by atoms with E-state index >= 15 is 0 Å². The fraction of sp³-hybridized carbons (Fsp3) is 0.364. The average molecular weight is 416 g/mol. The third-order valence-corrected chi connectivity index (χ3v) is 5.57. The lowest BCUT2D eigenvalue weighted by Crippen LogP contribution is -2.47. The maximum atomic E-state index is 13.0. The summed E-state index contributed by atoms with van der Waals surface area (Å²) in [5.74, 6) is 0.577. The molecule has 0 unspecified atom stereocenters. The van der Waals surface area contributed by atoms with Crippen LogP contribution in [-0.4, -0.2) is 41.2 Å². The minimum absolute atomic E-state index is 0.115. The average Bonchev–Trinajstić information content (AvgIpc) is 3.24. The number of anilines is 1. The Morgan fingerprint density at radius 3 is 2.43 bits per heavy atom. The fourth-order valence-corrected chi connectivity index (χ4v) is 3.78. The number of hydrogen-bond acceptors (Lipinski definition) is 5. The molecular weight excluding hydrogens is 393 g/mol. The van der Waals surface area contributed by atoms with Gasteiger partial charge in [-0.2, -0.15) is 18.2 Å². The monoisotopic (exact) mass is 416 g/mol. The molecule has 1 atom stereocenters. The predicted octanol–water partition coefficient (Wildman–Crippen LogP) is 4.95. The molecule has 0 bridgehead atoms. The van der Waals surface area contributed by atoms with Gasteiger partial charge in [-0.25, -0.2) is 0 Å². The molecule has 0 spiro atoms. The Morgan fingerprint density at radius 2 is 1.73 bits per heavy atom. The van der Waals surface area contributed by atoms with Crippen molar-refractivity contribution in [1.29, 1.82) is 0 Å². The van der Waals surface area contributed by atoms with Crippen molar-refractivity contribution in [1.82, 2.24) is 15.0 Å². The van der Waals surface area contributed by atoms with Crippen LogP contribution >= 0.6 is 0 Å². The molecule has 0 amide bonds. The molecule has 8 heteroatoms.